The van der Waals surface area contributed by atoms with E-state index in [1.54, 1.807) is 7.11 Å². The lowest BCUT2D eigenvalue weighted by molar-refractivity contribution is -0.115. The van der Waals surface area contributed by atoms with E-state index in [0.717, 1.165) is 42.2 Å². The Labute approximate surface area is 159 Å². The van der Waals surface area contributed by atoms with Crippen LogP contribution < -0.4 is 20.1 Å². The van der Waals surface area contributed by atoms with E-state index in [2.05, 4.69) is 10.6 Å². The molecule has 144 valence electrons. The molecular formula is C21H26N2O4. The third-order valence-electron chi connectivity index (χ3n) is 4.37. The van der Waals surface area contributed by atoms with Gasteiger partial charge in [-0.25, -0.2) is 0 Å². The zero-order valence-electron chi connectivity index (χ0n) is 15.6. The molecule has 1 amide bonds. The molecule has 6 nitrogen and oxygen atoms in total. The minimum absolute atomic E-state index is 0.0865. The maximum absolute atomic E-state index is 12.0. The second-order valence-corrected chi connectivity index (χ2v) is 6.47. The van der Waals surface area contributed by atoms with E-state index in [1.165, 1.54) is 0 Å². The van der Waals surface area contributed by atoms with Gasteiger partial charge in [0.1, 0.15) is 18.1 Å². The number of hydrogen-bond donors (Lipinski definition) is 2. The summed E-state index contributed by atoms with van der Waals surface area (Å²) in [6.07, 6.45) is 2.35. The van der Waals surface area contributed by atoms with Crippen LogP contribution in [0.5, 0.6) is 11.5 Å². The molecule has 2 aromatic carbocycles. The predicted octanol–water partition coefficient (Wildman–Crippen LogP) is 2.98. The Morgan fingerprint density at radius 2 is 1.85 bits per heavy atom. The van der Waals surface area contributed by atoms with Crippen molar-refractivity contribution >= 4 is 11.6 Å². The maximum atomic E-state index is 12.0. The molecule has 1 fully saturated rings. The Hall–Kier alpha value is -2.57. The van der Waals surface area contributed by atoms with Gasteiger partial charge in [0, 0.05) is 18.8 Å². The van der Waals surface area contributed by atoms with Gasteiger partial charge in [-0.05, 0) is 54.8 Å². The molecule has 2 N–H and O–H groups in total. The smallest absolute Gasteiger partial charge is 0.238 e. The van der Waals surface area contributed by atoms with Gasteiger partial charge in [-0.3, -0.25) is 4.79 Å². The number of benzene rings is 2. The van der Waals surface area contributed by atoms with Gasteiger partial charge in [-0.2, -0.15) is 0 Å². The van der Waals surface area contributed by atoms with Gasteiger partial charge in [0.05, 0.1) is 19.8 Å². The van der Waals surface area contributed by atoms with E-state index in [1.807, 2.05) is 48.5 Å². The molecular weight excluding hydrogens is 344 g/mol. The van der Waals surface area contributed by atoms with Gasteiger partial charge in [0.2, 0.25) is 5.91 Å². The molecule has 1 heterocycles. The third kappa shape index (κ3) is 6.27. The Morgan fingerprint density at radius 1 is 1.11 bits per heavy atom. The number of nitrogens with one attached hydrogen (secondary N) is 2. The molecule has 0 bridgehead atoms. The maximum Gasteiger partial charge on any atom is 0.238 e. The first-order chi connectivity index (χ1) is 13.2. The SMILES string of the molecule is COc1ccc(CNCC(=O)Nc2ccc(OCC3CCCO3)cc2)cc1. The van der Waals surface area contributed by atoms with Crippen LogP contribution in [0.2, 0.25) is 0 Å². The summed E-state index contributed by atoms with van der Waals surface area (Å²) in [6, 6.07) is 15.1. The number of ether oxygens (including phenoxy) is 3. The van der Waals surface area contributed by atoms with E-state index in [4.69, 9.17) is 14.2 Å². The van der Waals surface area contributed by atoms with Crippen LogP contribution >= 0.6 is 0 Å². The lowest BCUT2D eigenvalue weighted by atomic mass is 10.2. The topological polar surface area (TPSA) is 68.8 Å². The van der Waals surface area contributed by atoms with Gasteiger partial charge in [-0.15, -0.1) is 0 Å². The number of carbonyl (C=O) groups is 1. The van der Waals surface area contributed by atoms with Crippen molar-refractivity contribution in [3.8, 4) is 11.5 Å². The van der Waals surface area contributed by atoms with E-state index in [9.17, 15) is 4.79 Å². The van der Waals surface area contributed by atoms with Crippen molar-refractivity contribution in [3.05, 3.63) is 54.1 Å². The second-order valence-electron chi connectivity index (χ2n) is 6.47. The Balaban J connectivity index is 1.36. The van der Waals surface area contributed by atoms with E-state index < -0.39 is 0 Å². The summed E-state index contributed by atoms with van der Waals surface area (Å²) in [5.41, 5.74) is 1.84. The lowest BCUT2D eigenvalue weighted by Crippen LogP contribution is -2.27. The second kappa shape index (κ2) is 9.94. The van der Waals surface area contributed by atoms with Gasteiger partial charge in [0.15, 0.2) is 0 Å². The van der Waals surface area contributed by atoms with Gasteiger partial charge in [0.25, 0.3) is 0 Å². The molecule has 1 aliphatic heterocycles. The molecule has 1 unspecified atom stereocenters. The highest BCUT2D eigenvalue weighted by Gasteiger charge is 2.15. The zero-order valence-corrected chi connectivity index (χ0v) is 15.6. The van der Waals surface area contributed by atoms with Crippen molar-refractivity contribution in [3.63, 3.8) is 0 Å². The standard InChI is InChI=1S/C21H26N2O4/c1-25-18-8-4-16(5-9-18)13-22-14-21(24)23-17-6-10-19(11-7-17)27-15-20-3-2-12-26-20/h4-11,20,22H,2-3,12-15H2,1H3,(H,23,24). The average Bonchev–Trinajstić information content (AvgIpc) is 3.22. The van der Waals surface area contributed by atoms with E-state index >= 15 is 0 Å². The number of rotatable bonds is 9. The minimum atomic E-state index is -0.0865. The quantitative estimate of drug-likeness (QED) is 0.710. The number of methoxy groups -OCH3 is 1. The predicted molar refractivity (Wildman–Crippen MR) is 104 cm³/mol. The summed E-state index contributed by atoms with van der Waals surface area (Å²) >= 11 is 0. The van der Waals surface area contributed by atoms with Gasteiger partial charge < -0.3 is 24.8 Å². The number of amides is 1. The summed E-state index contributed by atoms with van der Waals surface area (Å²) in [5, 5.41) is 6.00. The molecule has 0 aliphatic carbocycles. The summed E-state index contributed by atoms with van der Waals surface area (Å²) < 4.78 is 16.4. The highest BCUT2D eigenvalue weighted by Crippen LogP contribution is 2.18. The first kappa shape index (κ1) is 19.2. The number of anilines is 1. The van der Waals surface area contributed by atoms with Crippen LogP contribution in [0, 0.1) is 0 Å². The van der Waals surface area contributed by atoms with Gasteiger partial charge in [-0.1, -0.05) is 12.1 Å². The molecule has 27 heavy (non-hydrogen) atoms. The van der Waals surface area contributed by atoms with Crippen molar-refractivity contribution in [1.29, 1.82) is 0 Å². The molecule has 2 aromatic rings. The first-order valence-electron chi connectivity index (χ1n) is 9.21. The van der Waals surface area contributed by atoms with Crippen LogP contribution in [-0.2, 0) is 16.1 Å². The highest BCUT2D eigenvalue weighted by atomic mass is 16.5. The van der Waals surface area contributed by atoms with Crippen molar-refractivity contribution < 1.29 is 19.0 Å². The normalized spacial score (nSPS) is 16.1. The fourth-order valence-electron chi connectivity index (χ4n) is 2.87. The Bertz CT molecular complexity index is 710. The van der Waals surface area contributed by atoms with Crippen LogP contribution in [0.3, 0.4) is 0 Å². The van der Waals surface area contributed by atoms with Crippen molar-refractivity contribution in [2.75, 3.05) is 32.2 Å². The Kier molecular flexibility index (Phi) is 7.07. The zero-order chi connectivity index (χ0) is 18.9. The largest absolute Gasteiger partial charge is 0.497 e. The fourth-order valence-corrected chi connectivity index (χ4v) is 2.87. The van der Waals surface area contributed by atoms with Crippen molar-refractivity contribution in [1.82, 2.24) is 5.32 Å². The van der Waals surface area contributed by atoms with Crippen molar-refractivity contribution in [2.24, 2.45) is 0 Å². The molecule has 1 aliphatic rings. The summed E-state index contributed by atoms with van der Waals surface area (Å²) in [4.78, 5) is 12.0. The summed E-state index contributed by atoms with van der Waals surface area (Å²) in [7, 11) is 1.64. The van der Waals surface area contributed by atoms with Crippen LogP contribution in [0.25, 0.3) is 0 Å². The van der Waals surface area contributed by atoms with Crippen LogP contribution in [0.1, 0.15) is 18.4 Å². The number of hydrogen-bond acceptors (Lipinski definition) is 5. The monoisotopic (exact) mass is 370 g/mol. The fraction of sp³-hybridized carbons (Fsp3) is 0.381. The summed E-state index contributed by atoms with van der Waals surface area (Å²) in [6.45, 7) is 2.25. The molecule has 0 aromatic heterocycles. The molecule has 0 radical (unpaired) electrons. The minimum Gasteiger partial charge on any atom is -0.497 e. The van der Waals surface area contributed by atoms with Crippen LogP contribution in [0.15, 0.2) is 48.5 Å². The molecule has 1 atom stereocenters. The molecule has 6 heteroatoms. The lowest BCUT2D eigenvalue weighted by Gasteiger charge is -2.12. The molecule has 1 saturated heterocycles. The first-order valence-corrected chi connectivity index (χ1v) is 9.21. The van der Waals surface area contributed by atoms with Crippen LogP contribution in [0.4, 0.5) is 5.69 Å². The van der Waals surface area contributed by atoms with Crippen molar-refractivity contribution in [2.45, 2.75) is 25.5 Å². The van der Waals surface area contributed by atoms with E-state index in [-0.39, 0.29) is 18.6 Å². The number of carbonyl (C=O) groups excluding carboxylic acids is 1. The molecule has 0 saturated carbocycles. The van der Waals surface area contributed by atoms with Crippen LogP contribution in [-0.4, -0.2) is 38.9 Å². The molecule has 3 rings (SSSR count). The Morgan fingerprint density at radius 3 is 2.52 bits per heavy atom. The van der Waals surface area contributed by atoms with E-state index in [0.29, 0.717) is 13.2 Å². The average molecular weight is 370 g/mol. The molecule has 0 spiro atoms. The third-order valence-corrected chi connectivity index (χ3v) is 4.37. The van der Waals surface area contributed by atoms with Gasteiger partial charge >= 0.3 is 0 Å². The highest BCUT2D eigenvalue weighted by molar-refractivity contribution is 5.92. The summed E-state index contributed by atoms with van der Waals surface area (Å²) in [5.74, 6) is 1.51.